The van der Waals surface area contributed by atoms with Gasteiger partial charge in [-0.25, -0.2) is 4.79 Å². The molecule has 3 aromatic rings. The number of anilines is 1. The molecule has 0 bridgehead atoms. The fourth-order valence-corrected chi connectivity index (χ4v) is 2.98. The molecule has 0 radical (unpaired) electrons. The van der Waals surface area contributed by atoms with Crippen molar-refractivity contribution in [3.05, 3.63) is 70.4 Å². The van der Waals surface area contributed by atoms with Crippen molar-refractivity contribution >= 4 is 29.2 Å². The van der Waals surface area contributed by atoms with E-state index in [0.29, 0.717) is 45.5 Å². The van der Waals surface area contributed by atoms with E-state index in [2.05, 4.69) is 10.5 Å². The van der Waals surface area contributed by atoms with Gasteiger partial charge in [0.25, 0.3) is 5.91 Å². The Morgan fingerprint density at radius 2 is 1.86 bits per heavy atom. The summed E-state index contributed by atoms with van der Waals surface area (Å²) in [5, 5.41) is 7.27. The molecule has 1 amide bonds. The minimum atomic E-state index is -0.382. The lowest BCUT2D eigenvalue weighted by molar-refractivity contribution is 0.0499. The highest BCUT2D eigenvalue weighted by molar-refractivity contribution is 6.33. The number of aryl methyl sites for hydroxylation is 1. The maximum absolute atomic E-state index is 12.8. The number of ether oxygens (including phenoxy) is 1. The van der Waals surface area contributed by atoms with Crippen LogP contribution in [0.25, 0.3) is 11.3 Å². The molecule has 3 rings (SSSR count). The van der Waals surface area contributed by atoms with Crippen molar-refractivity contribution in [3.8, 4) is 11.3 Å². The predicted octanol–water partition coefficient (Wildman–Crippen LogP) is 5.51. The molecule has 7 heteroatoms. The molecule has 1 aromatic heterocycles. The summed E-state index contributed by atoms with van der Waals surface area (Å²) < 4.78 is 10.4. The van der Waals surface area contributed by atoms with Crippen molar-refractivity contribution in [2.24, 2.45) is 0 Å². The molecule has 2 aromatic carbocycles. The third-order valence-electron chi connectivity index (χ3n) is 4.33. The summed E-state index contributed by atoms with van der Waals surface area (Å²) >= 11 is 6.24. The van der Waals surface area contributed by atoms with Crippen LogP contribution in [0, 0.1) is 6.92 Å². The number of aromatic nitrogens is 1. The molecule has 0 aliphatic heterocycles. The molecule has 29 heavy (non-hydrogen) atoms. The van der Waals surface area contributed by atoms with Gasteiger partial charge in [0.1, 0.15) is 17.0 Å². The number of hydrogen-bond acceptors (Lipinski definition) is 5. The third-order valence-corrected chi connectivity index (χ3v) is 4.66. The number of rotatable bonds is 7. The molecular weight excluding hydrogens is 392 g/mol. The van der Waals surface area contributed by atoms with Gasteiger partial charge in [0.2, 0.25) is 0 Å². The van der Waals surface area contributed by atoms with Crippen molar-refractivity contribution < 1.29 is 18.8 Å². The number of benzene rings is 2. The third kappa shape index (κ3) is 4.84. The Labute approximate surface area is 173 Å². The SMILES string of the molecule is CCCCOC(=O)c1ccc(NC(=O)c2c(-c3ccccc3Cl)noc2C)cc1. The first kappa shape index (κ1) is 20.6. The van der Waals surface area contributed by atoms with Crippen LogP contribution in [0.4, 0.5) is 5.69 Å². The van der Waals surface area contributed by atoms with Gasteiger partial charge in [-0.2, -0.15) is 0 Å². The average molecular weight is 413 g/mol. The summed E-state index contributed by atoms with van der Waals surface area (Å²) in [6.45, 7) is 4.09. The number of esters is 1. The number of nitrogens with zero attached hydrogens (tertiary/aromatic N) is 1. The highest BCUT2D eigenvalue weighted by Crippen LogP contribution is 2.31. The van der Waals surface area contributed by atoms with Crippen LogP contribution in [-0.2, 0) is 4.74 Å². The molecule has 6 nitrogen and oxygen atoms in total. The van der Waals surface area contributed by atoms with Gasteiger partial charge in [0, 0.05) is 11.3 Å². The molecule has 0 spiro atoms. The van der Waals surface area contributed by atoms with Crippen LogP contribution < -0.4 is 5.32 Å². The molecule has 150 valence electrons. The van der Waals surface area contributed by atoms with Crippen molar-refractivity contribution in [2.45, 2.75) is 26.7 Å². The molecule has 0 unspecified atom stereocenters. The van der Waals surface area contributed by atoms with E-state index >= 15 is 0 Å². The summed E-state index contributed by atoms with van der Waals surface area (Å²) in [6, 6.07) is 13.6. The molecule has 0 saturated carbocycles. The zero-order valence-electron chi connectivity index (χ0n) is 16.2. The number of carbonyl (C=O) groups is 2. The number of hydrogen-bond donors (Lipinski definition) is 1. The summed E-state index contributed by atoms with van der Waals surface area (Å²) in [5.41, 5.74) is 2.26. The Bertz CT molecular complexity index is 1010. The van der Waals surface area contributed by atoms with Crippen molar-refractivity contribution in [1.82, 2.24) is 5.16 Å². The second-order valence-electron chi connectivity index (χ2n) is 6.46. The monoisotopic (exact) mass is 412 g/mol. The van der Waals surface area contributed by atoms with Gasteiger partial charge in [0.05, 0.1) is 17.2 Å². The predicted molar refractivity (Wildman–Crippen MR) is 111 cm³/mol. The Morgan fingerprint density at radius 1 is 1.14 bits per heavy atom. The lowest BCUT2D eigenvalue weighted by Gasteiger charge is -2.08. The fraction of sp³-hybridized carbons (Fsp3) is 0.227. The number of amides is 1. The normalized spacial score (nSPS) is 10.6. The van der Waals surface area contributed by atoms with Crippen LogP contribution in [0.3, 0.4) is 0 Å². The van der Waals surface area contributed by atoms with E-state index in [4.69, 9.17) is 20.9 Å². The van der Waals surface area contributed by atoms with E-state index in [1.807, 2.05) is 13.0 Å². The Morgan fingerprint density at radius 3 is 2.55 bits per heavy atom. The number of unbranched alkanes of at least 4 members (excludes halogenated alkanes) is 1. The van der Waals surface area contributed by atoms with E-state index < -0.39 is 0 Å². The van der Waals surface area contributed by atoms with Crippen LogP contribution in [0.15, 0.2) is 53.1 Å². The quantitative estimate of drug-likeness (QED) is 0.408. The Kier molecular flexibility index (Phi) is 6.67. The van der Waals surface area contributed by atoms with Gasteiger partial charge in [-0.15, -0.1) is 0 Å². The molecule has 0 atom stereocenters. The van der Waals surface area contributed by atoms with E-state index in [1.165, 1.54) is 0 Å². The van der Waals surface area contributed by atoms with Gasteiger partial charge < -0.3 is 14.6 Å². The van der Waals surface area contributed by atoms with Gasteiger partial charge in [0.15, 0.2) is 0 Å². The number of nitrogens with one attached hydrogen (secondary N) is 1. The lowest BCUT2D eigenvalue weighted by atomic mass is 10.1. The maximum Gasteiger partial charge on any atom is 0.338 e. The zero-order chi connectivity index (χ0) is 20.8. The smallest absolute Gasteiger partial charge is 0.338 e. The molecular formula is C22H21ClN2O4. The molecule has 0 aliphatic carbocycles. The summed E-state index contributed by atoms with van der Waals surface area (Å²) in [6.07, 6.45) is 1.78. The molecule has 0 aliphatic rings. The Balaban J connectivity index is 1.75. The van der Waals surface area contributed by atoms with E-state index in [9.17, 15) is 9.59 Å². The van der Waals surface area contributed by atoms with Crippen molar-refractivity contribution in [2.75, 3.05) is 11.9 Å². The number of halogens is 1. The Hall–Kier alpha value is -3.12. The highest BCUT2D eigenvalue weighted by Gasteiger charge is 2.23. The van der Waals surface area contributed by atoms with E-state index in [1.54, 1.807) is 49.4 Å². The van der Waals surface area contributed by atoms with Gasteiger partial charge in [-0.1, -0.05) is 48.3 Å². The van der Waals surface area contributed by atoms with Crippen LogP contribution in [0.5, 0.6) is 0 Å². The first-order valence-electron chi connectivity index (χ1n) is 9.31. The first-order chi connectivity index (χ1) is 14.0. The van der Waals surface area contributed by atoms with E-state index in [-0.39, 0.29) is 11.9 Å². The molecule has 1 heterocycles. The lowest BCUT2D eigenvalue weighted by Crippen LogP contribution is -2.14. The minimum Gasteiger partial charge on any atom is -0.462 e. The van der Waals surface area contributed by atoms with E-state index in [0.717, 1.165) is 12.8 Å². The zero-order valence-corrected chi connectivity index (χ0v) is 17.0. The molecule has 0 saturated heterocycles. The van der Waals surface area contributed by atoms with Crippen LogP contribution >= 0.6 is 11.6 Å². The maximum atomic E-state index is 12.8. The summed E-state index contributed by atoms with van der Waals surface area (Å²) in [7, 11) is 0. The second kappa shape index (κ2) is 9.39. The summed E-state index contributed by atoms with van der Waals surface area (Å²) in [5.74, 6) is -0.377. The summed E-state index contributed by atoms with van der Waals surface area (Å²) in [4.78, 5) is 24.8. The van der Waals surface area contributed by atoms with Crippen LogP contribution in [-0.4, -0.2) is 23.6 Å². The topological polar surface area (TPSA) is 81.4 Å². The number of carbonyl (C=O) groups excluding carboxylic acids is 2. The molecule has 1 N–H and O–H groups in total. The van der Waals surface area contributed by atoms with Crippen LogP contribution in [0.1, 0.15) is 46.2 Å². The van der Waals surface area contributed by atoms with Crippen LogP contribution in [0.2, 0.25) is 5.02 Å². The standard InChI is InChI=1S/C22H21ClN2O4/c1-3-4-13-28-22(27)15-9-11-16(12-10-15)24-21(26)19-14(2)29-25-20(19)17-7-5-6-8-18(17)23/h5-12H,3-4,13H2,1-2H3,(H,24,26). The second-order valence-corrected chi connectivity index (χ2v) is 6.87. The largest absolute Gasteiger partial charge is 0.462 e. The van der Waals surface area contributed by atoms with Gasteiger partial charge >= 0.3 is 5.97 Å². The fourth-order valence-electron chi connectivity index (χ4n) is 2.75. The van der Waals surface area contributed by atoms with Gasteiger partial charge in [-0.3, -0.25) is 4.79 Å². The van der Waals surface area contributed by atoms with Crippen molar-refractivity contribution in [3.63, 3.8) is 0 Å². The van der Waals surface area contributed by atoms with Gasteiger partial charge in [-0.05, 0) is 43.7 Å². The highest BCUT2D eigenvalue weighted by atomic mass is 35.5. The molecule has 0 fully saturated rings. The minimum absolute atomic E-state index is 0.307. The average Bonchev–Trinajstić information content (AvgIpc) is 3.10. The first-order valence-corrected chi connectivity index (χ1v) is 9.68. The van der Waals surface area contributed by atoms with Crippen molar-refractivity contribution in [1.29, 1.82) is 0 Å².